The number of rotatable bonds is 10. The van der Waals surface area contributed by atoms with E-state index in [4.69, 9.17) is 0 Å². The zero-order valence-corrected chi connectivity index (χ0v) is 25.5. The second kappa shape index (κ2) is 14.5. The van der Waals surface area contributed by atoms with Crippen molar-refractivity contribution in [3.05, 3.63) is 66.4 Å². The Balaban J connectivity index is 0.00000423. The molecular formula is C30H37F2N9OS. The van der Waals surface area contributed by atoms with E-state index in [1.54, 1.807) is 31.7 Å². The highest BCUT2D eigenvalue weighted by Crippen LogP contribution is 2.27. The minimum atomic E-state index is -2.30. The van der Waals surface area contributed by atoms with E-state index in [1.165, 1.54) is 6.33 Å². The first kappa shape index (κ1) is 32.0. The van der Waals surface area contributed by atoms with E-state index in [2.05, 4.69) is 42.5 Å². The number of benzene rings is 1. The highest BCUT2D eigenvalue weighted by atomic mass is 32.1. The van der Waals surface area contributed by atoms with E-state index >= 15 is 0 Å². The van der Waals surface area contributed by atoms with Crippen molar-refractivity contribution in [2.75, 3.05) is 50.5 Å². The van der Waals surface area contributed by atoms with Gasteiger partial charge in [-0.15, -0.1) is 0 Å². The number of carbonyl (C=O) groups is 1. The standard InChI is InChI=1S/C30H35F2N9O.H2S/c1-19(22-5-4-6-23-24(29(42)33-2)7-10-34-28(22)23)14-35-27-13-25(38-18-39-27)20-15-36-30(37-16-20)40(3)21-8-11-41(12-9-21)17-26(31)32;/h4-7,10,13,15-16,18-19,21,26H,8-9,11-12,14,17H2,1-3H3,(H,33,42)(H,35,38,39);1H2/t19-;/m1./s1. The maximum atomic E-state index is 12.7. The second-order valence-electron chi connectivity index (χ2n) is 10.6. The molecule has 0 spiro atoms. The number of hydrogen-bond donors (Lipinski definition) is 2. The van der Waals surface area contributed by atoms with Crippen LogP contribution in [0, 0.1) is 0 Å². The summed E-state index contributed by atoms with van der Waals surface area (Å²) < 4.78 is 25.4. The molecule has 1 saturated heterocycles. The smallest absolute Gasteiger partial charge is 0.251 e. The number of anilines is 2. The number of pyridine rings is 1. The van der Waals surface area contributed by atoms with Gasteiger partial charge in [0.1, 0.15) is 12.1 Å². The van der Waals surface area contributed by atoms with Crippen LogP contribution >= 0.6 is 13.5 Å². The number of nitrogens with zero attached hydrogens (tertiary/aromatic N) is 7. The SMILES string of the molecule is CNC(=O)c1ccnc2c([C@H](C)CNc3cc(-c4cnc(N(C)C5CCN(CC(F)F)CC5)nc4)ncn3)cccc12.S. The molecule has 3 aromatic heterocycles. The van der Waals surface area contributed by atoms with Crippen LogP contribution in [-0.4, -0.2) is 88.5 Å². The maximum Gasteiger partial charge on any atom is 0.251 e. The first-order valence-corrected chi connectivity index (χ1v) is 14.1. The predicted octanol–water partition coefficient (Wildman–Crippen LogP) is 4.34. The Morgan fingerprint density at radius 2 is 1.84 bits per heavy atom. The van der Waals surface area contributed by atoms with E-state index in [0.29, 0.717) is 42.7 Å². The fraction of sp³-hybridized carbons (Fsp3) is 0.400. The Morgan fingerprint density at radius 3 is 2.53 bits per heavy atom. The van der Waals surface area contributed by atoms with Crippen molar-refractivity contribution < 1.29 is 13.6 Å². The molecular weight excluding hydrogens is 572 g/mol. The van der Waals surface area contributed by atoms with Gasteiger partial charge >= 0.3 is 0 Å². The molecule has 0 bridgehead atoms. The Kier molecular flexibility index (Phi) is 10.8. The van der Waals surface area contributed by atoms with Crippen molar-refractivity contribution >= 4 is 42.1 Å². The normalized spacial score (nSPS) is 14.7. The summed E-state index contributed by atoms with van der Waals surface area (Å²) in [6.07, 6.45) is 5.93. The molecule has 1 aromatic carbocycles. The number of carbonyl (C=O) groups excluding carboxylic acids is 1. The minimum Gasteiger partial charge on any atom is -0.369 e. The molecule has 0 saturated carbocycles. The second-order valence-corrected chi connectivity index (χ2v) is 10.6. The molecule has 13 heteroatoms. The van der Waals surface area contributed by atoms with E-state index in [1.807, 2.05) is 41.1 Å². The summed E-state index contributed by atoms with van der Waals surface area (Å²) in [5.41, 5.74) is 3.89. The van der Waals surface area contributed by atoms with Crippen molar-refractivity contribution in [1.82, 2.24) is 35.1 Å². The van der Waals surface area contributed by atoms with Crippen LogP contribution in [0.25, 0.3) is 22.2 Å². The largest absolute Gasteiger partial charge is 0.369 e. The number of amides is 1. The van der Waals surface area contributed by atoms with Crippen LogP contribution in [0.2, 0.25) is 0 Å². The summed E-state index contributed by atoms with van der Waals surface area (Å²) >= 11 is 0. The molecule has 5 rings (SSSR count). The Hall–Kier alpha value is -3.97. The van der Waals surface area contributed by atoms with Crippen molar-refractivity contribution in [3.8, 4) is 11.3 Å². The van der Waals surface area contributed by atoms with Gasteiger partial charge in [0.05, 0.1) is 23.3 Å². The summed E-state index contributed by atoms with van der Waals surface area (Å²) in [4.78, 5) is 38.6. The Labute approximate surface area is 256 Å². The van der Waals surface area contributed by atoms with Gasteiger partial charge in [-0.3, -0.25) is 14.7 Å². The van der Waals surface area contributed by atoms with E-state index in [0.717, 1.165) is 34.9 Å². The lowest BCUT2D eigenvalue weighted by Gasteiger charge is -2.36. The van der Waals surface area contributed by atoms with Crippen molar-refractivity contribution in [3.63, 3.8) is 0 Å². The van der Waals surface area contributed by atoms with Crippen LogP contribution < -0.4 is 15.5 Å². The summed E-state index contributed by atoms with van der Waals surface area (Å²) in [5.74, 6) is 1.20. The number of alkyl halides is 2. The number of likely N-dealkylation sites (tertiary alicyclic amines) is 1. The van der Waals surface area contributed by atoms with Crippen molar-refractivity contribution in [1.29, 1.82) is 0 Å². The van der Waals surface area contributed by atoms with E-state index < -0.39 is 6.43 Å². The lowest BCUT2D eigenvalue weighted by Crippen LogP contribution is -2.45. The third-order valence-electron chi connectivity index (χ3n) is 7.81. The third-order valence-corrected chi connectivity index (χ3v) is 7.81. The van der Waals surface area contributed by atoms with Crippen molar-refractivity contribution in [2.45, 2.75) is 38.2 Å². The molecule has 0 aliphatic carbocycles. The molecule has 0 unspecified atom stereocenters. The first-order chi connectivity index (χ1) is 20.3. The molecule has 1 fully saturated rings. The summed E-state index contributed by atoms with van der Waals surface area (Å²) in [5, 5.41) is 6.90. The highest BCUT2D eigenvalue weighted by molar-refractivity contribution is 7.59. The zero-order valence-electron chi connectivity index (χ0n) is 24.5. The van der Waals surface area contributed by atoms with Gasteiger partial charge < -0.3 is 15.5 Å². The molecule has 4 aromatic rings. The molecule has 1 atom stereocenters. The molecule has 0 radical (unpaired) electrons. The van der Waals surface area contributed by atoms with Gasteiger partial charge in [0.15, 0.2) is 0 Å². The molecule has 1 amide bonds. The van der Waals surface area contributed by atoms with Crippen molar-refractivity contribution in [2.24, 2.45) is 0 Å². The molecule has 228 valence electrons. The summed E-state index contributed by atoms with van der Waals surface area (Å²) in [6, 6.07) is 9.68. The maximum absolute atomic E-state index is 12.7. The monoisotopic (exact) mass is 609 g/mol. The first-order valence-electron chi connectivity index (χ1n) is 14.1. The van der Waals surface area contributed by atoms with Crippen LogP contribution in [0.4, 0.5) is 20.5 Å². The number of nitrogens with one attached hydrogen (secondary N) is 2. The van der Waals surface area contributed by atoms with Crippen LogP contribution in [0.15, 0.2) is 55.2 Å². The number of fused-ring (bicyclic) bond motifs is 1. The quantitative estimate of drug-likeness (QED) is 0.271. The fourth-order valence-electron chi connectivity index (χ4n) is 5.39. The average Bonchev–Trinajstić information content (AvgIpc) is 3.02. The number of piperidine rings is 1. The molecule has 4 heterocycles. The van der Waals surface area contributed by atoms with Gasteiger partial charge in [0.25, 0.3) is 12.3 Å². The highest BCUT2D eigenvalue weighted by Gasteiger charge is 2.25. The lowest BCUT2D eigenvalue weighted by atomic mass is 9.96. The van der Waals surface area contributed by atoms with Gasteiger partial charge in [-0.25, -0.2) is 28.7 Å². The Bertz CT molecular complexity index is 1520. The lowest BCUT2D eigenvalue weighted by molar-refractivity contribution is 0.0754. The van der Waals surface area contributed by atoms with Gasteiger partial charge in [-0.1, -0.05) is 25.1 Å². The fourth-order valence-corrected chi connectivity index (χ4v) is 5.39. The number of halogens is 2. The van der Waals surface area contributed by atoms with Crippen LogP contribution in [0.3, 0.4) is 0 Å². The molecule has 1 aliphatic rings. The third kappa shape index (κ3) is 7.52. The van der Waals surface area contributed by atoms with Crippen LogP contribution in [-0.2, 0) is 0 Å². The summed E-state index contributed by atoms with van der Waals surface area (Å²) in [7, 11) is 3.56. The average molecular weight is 610 g/mol. The number of para-hydroxylation sites is 1. The molecule has 43 heavy (non-hydrogen) atoms. The van der Waals surface area contributed by atoms with E-state index in [9.17, 15) is 13.6 Å². The molecule has 10 nitrogen and oxygen atoms in total. The van der Waals surface area contributed by atoms with Gasteiger partial charge in [-0.2, -0.15) is 13.5 Å². The topological polar surface area (TPSA) is 112 Å². The zero-order chi connectivity index (χ0) is 29.6. The Morgan fingerprint density at radius 1 is 1.09 bits per heavy atom. The minimum absolute atomic E-state index is 0. The number of hydrogen-bond acceptors (Lipinski definition) is 9. The molecule has 1 aliphatic heterocycles. The van der Waals surface area contributed by atoms with E-state index in [-0.39, 0.29) is 37.9 Å². The van der Waals surface area contributed by atoms with Gasteiger partial charge in [0.2, 0.25) is 5.95 Å². The predicted molar refractivity (Wildman–Crippen MR) is 169 cm³/mol. The van der Waals surface area contributed by atoms with Gasteiger partial charge in [0, 0.05) is 81.3 Å². The van der Waals surface area contributed by atoms with Gasteiger partial charge in [-0.05, 0) is 24.5 Å². The molecule has 2 N–H and O–H groups in total. The number of aromatic nitrogens is 5. The van der Waals surface area contributed by atoms with Crippen LogP contribution in [0.1, 0.15) is 41.6 Å². The summed E-state index contributed by atoms with van der Waals surface area (Å²) in [6.45, 7) is 3.81. The van der Waals surface area contributed by atoms with Crippen LogP contribution in [0.5, 0.6) is 0 Å².